The molecule has 0 radical (unpaired) electrons. The number of nitrogens with zero attached hydrogens (tertiary/aromatic N) is 1. The summed E-state index contributed by atoms with van der Waals surface area (Å²) in [6.07, 6.45) is 3.14. The Hall–Kier alpha value is -0.610. The van der Waals surface area contributed by atoms with Gasteiger partial charge in [-0.25, -0.2) is 5.84 Å². The maximum absolute atomic E-state index is 11.9. The molecular weight excluding hydrogens is 214 g/mol. The minimum absolute atomic E-state index is 0.0417. The van der Waals surface area contributed by atoms with E-state index in [-0.39, 0.29) is 11.9 Å². The molecule has 0 aromatic heterocycles. The summed E-state index contributed by atoms with van der Waals surface area (Å²) in [5, 5.41) is 0. The average Bonchev–Trinajstić information content (AvgIpc) is 2.30. The highest BCUT2D eigenvalue weighted by atomic mass is 16.2. The van der Waals surface area contributed by atoms with Gasteiger partial charge < -0.3 is 0 Å². The van der Waals surface area contributed by atoms with Crippen LogP contribution in [0.1, 0.15) is 47.0 Å². The number of hydrogen-bond donors (Lipinski definition) is 2. The Balaban J connectivity index is 2.80. The SMILES string of the molecule is CCCC(C(=O)NN)N1CC(C)CC(C)C1C. The number of hydrogen-bond acceptors (Lipinski definition) is 3. The van der Waals surface area contributed by atoms with Gasteiger partial charge >= 0.3 is 0 Å². The standard InChI is InChI=1S/C13H27N3O/c1-5-6-12(13(17)15-14)16-8-9(2)7-10(3)11(16)4/h9-12H,5-8,14H2,1-4H3,(H,15,17). The van der Waals surface area contributed by atoms with E-state index < -0.39 is 0 Å². The minimum atomic E-state index is -0.0646. The number of nitrogens with one attached hydrogen (secondary N) is 1. The molecule has 0 saturated carbocycles. The molecule has 1 rings (SSSR count). The molecule has 17 heavy (non-hydrogen) atoms. The molecule has 1 aliphatic rings. The summed E-state index contributed by atoms with van der Waals surface area (Å²) in [6, 6.07) is 0.394. The molecule has 4 atom stereocenters. The van der Waals surface area contributed by atoms with Crippen LogP contribution in [0.15, 0.2) is 0 Å². The first-order valence-electron chi connectivity index (χ1n) is 6.77. The van der Waals surface area contributed by atoms with Crippen molar-refractivity contribution in [2.45, 2.75) is 59.0 Å². The van der Waals surface area contributed by atoms with E-state index in [0.717, 1.165) is 19.4 Å². The summed E-state index contributed by atoms with van der Waals surface area (Å²) < 4.78 is 0. The monoisotopic (exact) mass is 241 g/mol. The Morgan fingerprint density at radius 3 is 2.65 bits per heavy atom. The fourth-order valence-corrected chi connectivity index (χ4v) is 2.99. The van der Waals surface area contributed by atoms with Gasteiger partial charge in [0.25, 0.3) is 5.91 Å². The quantitative estimate of drug-likeness (QED) is 0.445. The predicted octanol–water partition coefficient (Wildman–Crippen LogP) is 1.51. The molecule has 0 aromatic carbocycles. The maximum Gasteiger partial charge on any atom is 0.251 e. The molecule has 1 heterocycles. The first kappa shape index (κ1) is 14.5. The fourth-order valence-electron chi connectivity index (χ4n) is 2.99. The van der Waals surface area contributed by atoms with Crippen LogP contribution in [-0.4, -0.2) is 29.4 Å². The normalized spacial score (nSPS) is 32.2. The van der Waals surface area contributed by atoms with Crippen LogP contribution in [0.4, 0.5) is 0 Å². The molecule has 1 saturated heterocycles. The molecule has 0 bridgehead atoms. The summed E-state index contributed by atoms with van der Waals surface area (Å²) >= 11 is 0. The van der Waals surface area contributed by atoms with Crippen molar-refractivity contribution < 1.29 is 4.79 Å². The van der Waals surface area contributed by atoms with Gasteiger partial charge in [-0.1, -0.05) is 27.2 Å². The van der Waals surface area contributed by atoms with Gasteiger partial charge in [0.05, 0.1) is 6.04 Å². The van der Waals surface area contributed by atoms with E-state index in [4.69, 9.17) is 5.84 Å². The Bertz CT molecular complexity index is 257. The zero-order chi connectivity index (χ0) is 13.0. The van der Waals surface area contributed by atoms with E-state index in [1.54, 1.807) is 0 Å². The Morgan fingerprint density at radius 2 is 2.12 bits per heavy atom. The van der Waals surface area contributed by atoms with E-state index >= 15 is 0 Å². The molecule has 100 valence electrons. The average molecular weight is 241 g/mol. The van der Waals surface area contributed by atoms with Gasteiger partial charge in [-0.3, -0.25) is 15.1 Å². The van der Waals surface area contributed by atoms with Gasteiger partial charge in [-0.15, -0.1) is 0 Å². The van der Waals surface area contributed by atoms with Gasteiger partial charge in [0.15, 0.2) is 0 Å². The molecule has 0 aromatic rings. The van der Waals surface area contributed by atoms with Crippen molar-refractivity contribution in [2.24, 2.45) is 17.7 Å². The van der Waals surface area contributed by atoms with Crippen LogP contribution in [0.3, 0.4) is 0 Å². The van der Waals surface area contributed by atoms with Crippen molar-refractivity contribution in [3.8, 4) is 0 Å². The number of carbonyl (C=O) groups excluding carboxylic acids is 1. The maximum atomic E-state index is 11.9. The van der Waals surface area contributed by atoms with Crippen LogP contribution in [0.5, 0.6) is 0 Å². The molecule has 1 aliphatic heterocycles. The molecule has 1 amide bonds. The Labute approximate surface area is 105 Å². The largest absolute Gasteiger partial charge is 0.293 e. The molecular formula is C13H27N3O. The first-order chi connectivity index (χ1) is 8.01. The highest BCUT2D eigenvalue weighted by Gasteiger charge is 2.35. The lowest BCUT2D eigenvalue weighted by Gasteiger charge is -2.44. The summed E-state index contributed by atoms with van der Waals surface area (Å²) in [6.45, 7) is 9.88. The van der Waals surface area contributed by atoms with Crippen LogP contribution in [0.25, 0.3) is 0 Å². The van der Waals surface area contributed by atoms with E-state index in [1.165, 1.54) is 6.42 Å². The lowest BCUT2D eigenvalue weighted by molar-refractivity contribution is -0.129. The third-order valence-corrected chi connectivity index (χ3v) is 4.05. The molecule has 1 fully saturated rings. The van der Waals surface area contributed by atoms with E-state index in [9.17, 15) is 4.79 Å². The number of rotatable bonds is 4. The molecule has 4 heteroatoms. The highest BCUT2D eigenvalue weighted by Crippen LogP contribution is 2.29. The van der Waals surface area contributed by atoms with Crippen molar-refractivity contribution in [3.05, 3.63) is 0 Å². The number of amides is 1. The molecule has 3 N–H and O–H groups in total. The molecule has 0 aliphatic carbocycles. The lowest BCUT2D eigenvalue weighted by Crippen LogP contribution is -2.56. The Morgan fingerprint density at radius 1 is 1.47 bits per heavy atom. The van der Waals surface area contributed by atoms with Crippen LogP contribution < -0.4 is 11.3 Å². The van der Waals surface area contributed by atoms with Gasteiger partial charge in [0.2, 0.25) is 0 Å². The second kappa shape index (κ2) is 6.36. The topological polar surface area (TPSA) is 58.4 Å². The highest BCUT2D eigenvalue weighted by molar-refractivity contribution is 5.81. The first-order valence-corrected chi connectivity index (χ1v) is 6.77. The lowest BCUT2D eigenvalue weighted by atomic mass is 9.84. The number of likely N-dealkylation sites (tertiary alicyclic amines) is 1. The zero-order valence-corrected chi connectivity index (χ0v) is 11.6. The van der Waals surface area contributed by atoms with Crippen molar-refractivity contribution >= 4 is 5.91 Å². The van der Waals surface area contributed by atoms with Crippen molar-refractivity contribution in [3.63, 3.8) is 0 Å². The smallest absolute Gasteiger partial charge is 0.251 e. The predicted molar refractivity (Wildman–Crippen MR) is 70.1 cm³/mol. The van der Waals surface area contributed by atoms with Crippen LogP contribution in [-0.2, 0) is 4.79 Å². The number of carbonyl (C=O) groups is 1. The van der Waals surface area contributed by atoms with Crippen molar-refractivity contribution in [2.75, 3.05) is 6.54 Å². The van der Waals surface area contributed by atoms with Crippen molar-refractivity contribution in [1.82, 2.24) is 10.3 Å². The third-order valence-electron chi connectivity index (χ3n) is 4.05. The minimum Gasteiger partial charge on any atom is -0.293 e. The number of piperidine rings is 1. The van der Waals surface area contributed by atoms with Crippen LogP contribution >= 0.6 is 0 Å². The summed E-state index contributed by atoms with van der Waals surface area (Å²) in [5.41, 5.74) is 2.32. The van der Waals surface area contributed by atoms with Gasteiger partial charge in [-0.2, -0.15) is 0 Å². The summed E-state index contributed by atoms with van der Waals surface area (Å²) in [5.74, 6) is 6.56. The number of nitrogens with two attached hydrogens (primary N) is 1. The summed E-state index contributed by atoms with van der Waals surface area (Å²) in [4.78, 5) is 14.2. The van der Waals surface area contributed by atoms with E-state index in [0.29, 0.717) is 17.9 Å². The van der Waals surface area contributed by atoms with E-state index in [2.05, 4.69) is 38.0 Å². The van der Waals surface area contributed by atoms with Gasteiger partial charge in [0.1, 0.15) is 0 Å². The second-order valence-corrected chi connectivity index (χ2v) is 5.57. The van der Waals surface area contributed by atoms with Crippen molar-refractivity contribution in [1.29, 1.82) is 0 Å². The zero-order valence-electron chi connectivity index (χ0n) is 11.6. The third kappa shape index (κ3) is 3.42. The Kier molecular flexibility index (Phi) is 5.40. The molecule has 4 nitrogen and oxygen atoms in total. The molecule has 0 spiro atoms. The fraction of sp³-hybridized carbons (Fsp3) is 0.923. The number of hydrazine groups is 1. The second-order valence-electron chi connectivity index (χ2n) is 5.57. The van der Waals surface area contributed by atoms with Gasteiger partial charge in [-0.05, 0) is 31.6 Å². The van der Waals surface area contributed by atoms with Crippen LogP contribution in [0, 0.1) is 11.8 Å². The molecule has 4 unspecified atom stereocenters. The van der Waals surface area contributed by atoms with E-state index in [1.807, 2.05) is 0 Å². The summed E-state index contributed by atoms with van der Waals surface area (Å²) in [7, 11) is 0. The van der Waals surface area contributed by atoms with Crippen LogP contribution in [0.2, 0.25) is 0 Å². The van der Waals surface area contributed by atoms with Gasteiger partial charge in [0, 0.05) is 12.6 Å².